The minimum absolute atomic E-state index is 0.522. The third kappa shape index (κ3) is 4.39. The second-order valence-corrected chi connectivity index (χ2v) is 13.2. The lowest BCUT2D eigenvalue weighted by molar-refractivity contribution is 0.673. The summed E-state index contributed by atoms with van der Waals surface area (Å²) in [6.07, 6.45) is 7.88. The van der Waals surface area contributed by atoms with Crippen LogP contribution in [-0.4, -0.2) is 9.55 Å². The zero-order valence-electron chi connectivity index (χ0n) is 27.1. The maximum absolute atomic E-state index is 6.80. The highest BCUT2D eigenvalue weighted by atomic mass is 16.3. The van der Waals surface area contributed by atoms with Gasteiger partial charge in [-0.1, -0.05) is 128 Å². The number of fused-ring (bicyclic) bond motifs is 9. The molecule has 3 heteroatoms. The van der Waals surface area contributed by atoms with E-state index in [1.54, 1.807) is 0 Å². The zero-order valence-corrected chi connectivity index (χ0v) is 27.1. The number of furan rings is 1. The molecule has 0 saturated heterocycles. The SMILES string of the molecule is CC1C=CC(c2cc(-c3cc4c5ccccc5oc4c4c5ccc6ccccc6c5n(-c5ccccc5)c34)cc(-c3ccccc3)n2)=CC1. The van der Waals surface area contributed by atoms with Crippen molar-refractivity contribution in [2.45, 2.75) is 13.3 Å². The molecule has 232 valence electrons. The van der Waals surface area contributed by atoms with E-state index >= 15 is 0 Å². The zero-order chi connectivity index (χ0) is 32.5. The summed E-state index contributed by atoms with van der Waals surface area (Å²) < 4.78 is 9.26. The first-order chi connectivity index (χ1) is 24.2. The number of allylic oxidation sites excluding steroid dienone is 4. The Labute approximate surface area is 284 Å². The fraction of sp³-hybridized carbons (Fsp3) is 0.0652. The predicted octanol–water partition coefficient (Wildman–Crippen LogP) is 12.5. The van der Waals surface area contributed by atoms with Crippen molar-refractivity contribution < 1.29 is 4.42 Å². The minimum atomic E-state index is 0.522. The second-order valence-electron chi connectivity index (χ2n) is 13.2. The summed E-state index contributed by atoms with van der Waals surface area (Å²) in [4.78, 5) is 5.28. The van der Waals surface area contributed by atoms with Crippen LogP contribution in [0.25, 0.3) is 88.2 Å². The van der Waals surface area contributed by atoms with Gasteiger partial charge in [0.05, 0.1) is 27.8 Å². The lowest BCUT2D eigenvalue weighted by Crippen LogP contribution is -1.99. The average molecular weight is 629 g/mol. The van der Waals surface area contributed by atoms with Crippen LogP contribution in [-0.2, 0) is 0 Å². The van der Waals surface area contributed by atoms with Gasteiger partial charge in [-0.3, -0.25) is 0 Å². The molecule has 0 N–H and O–H groups in total. The van der Waals surface area contributed by atoms with Crippen molar-refractivity contribution in [1.82, 2.24) is 9.55 Å². The molecule has 10 rings (SSSR count). The van der Waals surface area contributed by atoms with Crippen molar-refractivity contribution in [3.05, 3.63) is 163 Å². The molecule has 0 aliphatic heterocycles. The van der Waals surface area contributed by atoms with E-state index in [4.69, 9.17) is 9.40 Å². The van der Waals surface area contributed by atoms with Crippen LogP contribution in [0.1, 0.15) is 19.0 Å². The van der Waals surface area contributed by atoms with Gasteiger partial charge in [-0.15, -0.1) is 0 Å². The Morgan fingerprint density at radius 1 is 0.633 bits per heavy atom. The Morgan fingerprint density at radius 2 is 1.37 bits per heavy atom. The summed E-state index contributed by atoms with van der Waals surface area (Å²) in [6, 6.07) is 49.8. The Kier molecular flexibility index (Phi) is 6.22. The first-order valence-electron chi connectivity index (χ1n) is 17.0. The van der Waals surface area contributed by atoms with Crippen LogP contribution >= 0.6 is 0 Å². The summed E-state index contributed by atoms with van der Waals surface area (Å²) >= 11 is 0. The number of para-hydroxylation sites is 2. The maximum Gasteiger partial charge on any atom is 0.145 e. The summed E-state index contributed by atoms with van der Waals surface area (Å²) in [5.74, 6) is 0.522. The molecule has 3 aromatic heterocycles. The highest BCUT2D eigenvalue weighted by Crippen LogP contribution is 2.47. The van der Waals surface area contributed by atoms with E-state index in [9.17, 15) is 0 Å². The molecule has 3 heterocycles. The monoisotopic (exact) mass is 628 g/mol. The molecule has 6 aromatic carbocycles. The highest BCUT2D eigenvalue weighted by Gasteiger charge is 2.25. The molecule has 0 spiro atoms. The molecular formula is C46H32N2O. The maximum atomic E-state index is 6.80. The number of pyridine rings is 1. The molecule has 49 heavy (non-hydrogen) atoms. The first-order valence-corrected chi connectivity index (χ1v) is 17.0. The number of benzene rings is 6. The fourth-order valence-corrected chi connectivity index (χ4v) is 7.70. The van der Waals surface area contributed by atoms with E-state index in [1.165, 1.54) is 21.7 Å². The van der Waals surface area contributed by atoms with Gasteiger partial charge >= 0.3 is 0 Å². The predicted molar refractivity (Wildman–Crippen MR) is 205 cm³/mol. The van der Waals surface area contributed by atoms with Crippen molar-refractivity contribution in [1.29, 1.82) is 0 Å². The highest BCUT2D eigenvalue weighted by molar-refractivity contribution is 6.30. The second kappa shape index (κ2) is 10.9. The van der Waals surface area contributed by atoms with Gasteiger partial charge in [0, 0.05) is 38.4 Å². The van der Waals surface area contributed by atoms with Crippen molar-refractivity contribution in [2.75, 3.05) is 0 Å². The van der Waals surface area contributed by atoms with Crippen LogP contribution in [0.5, 0.6) is 0 Å². The molecular weight excluding hydrogens is 597 g/mol. The number of nitrogens with zero attached hydrogens (tertiary/aromatic N) is 2. The van der Waals surface area contributed by atoms with Gasteiger partial charge in [-0.05, 0) is 65.3 Å². The van der Waals surface area contributed by atoms with Crippen molar-refractivity contribution in [3.8, 4) is 28.1 Å². The minimum Gasteiger partial charge on any atom is -0.455 e. The first kappa shape index (κ1) is 27.9. The molecule has 1 aliphatic carbocycles. The topological polar surface area (TPSA) is 31.0 Å². The van der Waals surface area contributed by atoms with E-state index in [-0.39, 0.29) is 0 Å². The fourth-order valence-electron chi connectivity index (χ4n) is 7.70. The van der Waals surface area contributed by atoms with Gasteiger partial charge in [0.2, 0.25) is 0 Å². The van der Waals surface area contributed by atoms with E-state index in [0.29, 0.717) is 5.92 Å². The van der Waals surface area contributed by atoms with Gasteiger partial charge in [0.25, 0.3) is 0 Å². The molecule has 9 aromatic rings. The lowest BCUT2D eigenvalue weighted by Gasteiger charge is -2.16. The van der Waals surface area contributed by atoms with Gasteiger partial charge in [0.15, 0.2) is 0 Å². The van der Waals surface area contributed by atoms with Crippen LogP contribution in [0.4, 0.5) is 0 Å². The normalized spacial score (nSPS) is 14.8. The molecule has 1 aliphatic rings. The molecule has 3 nitrogen and oxygen atoms in total. The Bertz CT molecular complexity index is 2800. The molecule has 1 atom stereocenters. The van der Waals surface area contributed by atoms with E-state index < -0.39 is 0 Å². The van der Waals surface area contributed by atoms with Crippen molar-refractivity contribution >= 4 is 60.1 Å². The summed E-state index contributed by atoms with van der Waals surface area (Å²) in [5.41, 5.74) is 11.7. The third-order valence-corrected chi connectivity index (χ3v) is 10.1. The van der Waals surface area contributed by atoms with E-state index in [2.05, 4.69) is 169 Å². The van der Waals surface area contributed by atoms with Crippen LogP contribution in [0.2, 0.25) is 0 Å². The molecule has 0 bridgehead atoms. The van der Waals surface area contributed by atoms with E-state index in [1.807, 2.05) is 0 Å². The molecule has 0 fully saturated rings. The van der Waals surface area contributed by atoms with Gasteiger partial charge in [-0.2, -0.15) is 0 Å². The molecule has 0 amide bonds. The Hall–Kier alpha value is -6.19. The quantitative estimate of drug-likeness (QED) is 0.194. The van der Waals surface area contributed by atoms with Crippen LogP contribution in [0, 0.1) is 5.92 Å². The summed E-state index contributed by atoms with van der Waals surface area (Å²) in [7, 11) is 0. The van der Waals surface area contributed by atoms with Gasteiger partial charge in [-0.25, -0.2) is 4.98 Å². The summed E-state index contributed by atoms with van der Waals surface area (Å²) in [5, 5.41) is 6.95. The number of rotatable bonds is 4. The molecule has 0 radical (unpaired) electrons. The van der Waals surface area contributed by atoms with Crippen LogP contribution < -0.4 is 0 Å². The smallest absolute Gasteiger partial charge is 0.145 e. The molecule has 1 unspecified atom stereocenters. The number of hydrogen-bond acceptors (Lipinski definition) is 2. The van der Waals surface area contributed by atoms with Crippen molar-refractivity contribution in [2.24, 2.45) is 5.92 Å². The van der Waals surface area contributed by atoms with E-state index in [0.717, 1.165) is 78.6 Å². The van der Waals surface area contributed by atoms with Gasteiger partial charge in [0.1, 0.15) is 11.2 Å². The van der Waals surface area contributed by atoms with Crippen LogP contribution in [0.15, 0.2) is 162 Å². The van der Waals surface area contributed by atoms with Crippen LogP contribution in [0.3, 0.4) is 0 Å². The number of hydrogen-bond donors (Lipinski definition) is 0. The molecule has 0 saturated carbocycles. The summed E-state index contributed by atoms with van der Waals surface area (Å²) in [6.45, 7) is 2.26. The van der Waals surface area contributed by atoms with Gasteiger partial charge < -0.3 is 8.98 Å². The third-order valence-electron chi connectivity index (χ3n) is 10.1. The average Bonchev–Trinajstić information content (AvgIpc) is 3.72. The standard InChI is InChI=1S/C46H32N2O/c1-29-20-22-32(23-21-29)41-27-33(26-40(47-41)31-13-4-2-5-14-31)38-28-39-36-18-10-11-19-42(36)49-46(39)43-37-25-24-30-12-8-9-17-35(30)44(37)48(45(38)43)34-15-6-3-7-16-34/h2-20,22-29H,21H2,1H3. The van der Waals surface area contributed by atoms with Crippen molar-refractivity contribution in [3.63, 3.8) is 0 Å². The Morgan fingerprint density at radius 3 is 2.18 bits per heavy atom. The Balaban J connectivity index is 1.41. The number of aromatic nitrogens is 2. The lowest BCUT2D eigenvalue weighted by atomic mass is 9.93. The largest absolute Gasteiger partial charge is 0.455 e.